The summed E-state index contributed by atoms with van der Waals surface area (Å²) in [7, 11) is 0. The van der Waals surface area contributed by atoms with Gasteiger partial charge in [-0.25, -0.2) is 9.97 Å². The molecular formula is C17H22N4O. The molecule has 0 fully saturated rings. The molecule has 1 aromatic heterocycles. The summed E-state index contributed by atoms with van der Waals surface area (Å²) in [5, 5.41) is 6.12. The number of hydrogen-bond acceptors (Lipinski definition) is 4. The van der Waals surface area contributed by atoms with Crippen LogP contribution in [-0.2, 0) is 0 Å². The van der Waals surface area contributed by atoms with Crippen molar-refractivity contribution in [1.82, 2.24) is 15.3 Å². The van der Waals surface area contributed by atoms with E-state index in [-0.39, 0.29) is 11.9 Å². The monoisotopic (exact) mass is 298 g/mol. The number of benzene rings is 1. The van der Waals surface area contributed by atoms with Crippen LogP contribution in [0, 0.1) is 13.8 Å². The fourth-order valence-electron chi connectivity index (χ4n) is 2.05. The zero-order chi connectivity index (χ0) is 16.1. The summed E-state index contributed by atoms with van der Waals surface area (Å²) in [5.41, 5.74) is 3.63. The maximum atomic E-state index is 12.0. The molecule has 0 saturated heterocycles. The van der Waals surface area contributed by atoms with Gasteiger partial charge in [0.2, 0.25) is 0 Å². The Labute approximate surface area is 131 Å². The van der Waals surface area contributed by atoms with Crippen molar-refractivity contribution in [2.75, 3.05) is 5.32 Å². The molecule has 1 aromatic carbocycles. The normalized spacial score (nSPS) is 11.8. The van der Waals surface area contributed by atoms with Crippen LogP contribution in [0.4, 0.5) is 11.5 Å². The number of nitrogens with one attached hydrogen (secondary N) is 2. The molecule has 5 heteroatoms. The molecule has 0 aliphatic heterocycles. The Kier molecular flexibility index (Phi) is 5.09. The minimum atomic E-state index is -0.194. The Morgan fingerprint density at radius 1 is 1.18 bits per heavy atom. The summed E-state index contributed by atoms with van der Waals surface area (Å²) < 4.78 is 0. The fourth-order valence-corrected chi connectivity index (χ4v) is 2.05. The molecular weight excluding hydrogens is 276 g/mol. The topological polar surface area (TPSA) is 66.9 Å². The molecule has 0 bridgehead atoms. The molecule has 2 aromatic rings. The van der Waals surface area contributed by atoms with E-state index >= 15 is 0 Å². The summed E-state index contributed by atoms with van der Waals surface area (Å²) in [6, 6.07) is 6.22. The number of amides is 1. The number of nitrogens with zero attached hydrogens (tertiary/aromatic N) is 2. The van der Waals surface area contributed by atoms with Gasteiger partial charge in [0.15, 0.2) is 0 Å². The van der Waals surface area contributed by atoms with Gasteiger partial charge in [0, 0.05) is 11.7 Å². The Morgan fingerprint density at radius 2 is 1.86 bits per heavy atom. The van der Waals surface area contributed by atoms with E-state index < -0.39 is 0 Å². The number of carbonyl (C=O) groups is 1. The summed E-state index contributed by atoms with van der Waals surface area (Å²) in [6.45, 7) is 8.06. The van der Waals surface area contributed by atoms with Crippen molar-refractivity contribution >= 4 is 17.4 Å². The Balaban J connectivity index is 2.11. The maximum Gasteiger partial charge on any atom is 0.271 e. The van der Waals surface area contributed by atoms with Crippen LogP contribution in [0.25, 0.3) is 0 Å². The first-order valence-electron chi connectivity index (χ1n) is 7.47. The summed E-state index contributed by atoms with van der Waals surface area (Å²) >= 11 is 0. The van der Waals surface area contributed by atoms with Gasteiger partial charge >= 0.3 is 0 Å². The molecule has 5 nitrogen and oxygen atoms in total. The SMILES string of the molecule is CCC(C)NC(=O)c1cnc(Nc2c(C)cccc2C)cn1. The number of anilines is 2. The van der Waals surface area contributed by atoms with Crippen LogP contribution in [0.1, 0.15) is 41.9 Å². The minimum Gasteiger partial charge on any atom is -0.348 e. The number of para-hydroxylation sites is 1. The van der Waals surface area contributed by atoms with E-state index in [1.165, 1.54) is 6.20 Å². The fraction of sp³-hybridized carbons (Fsp3) is 0.353. The van der Waals surface area contributed by atoms with Crippen molar-refractivity contribution < 1.29 is 4.79 Å². The smallest absolute Gasteiger partial charge is 0.271 e. The highest BCUT2D eigenvalue weighted by Crippen LogP contribution is 2.22. The molecule has 116 valence electrons. The van der Waals surface area contributed by atoms with E-state index in [1.807, 2.05) is 45.9 Å². The maximum absolute atomic E-state index is 12.0. The van der Waals surface area contributed by atoms with Gasteiger partial charge in [-0.1, -0.05) is 25.1 Å². The zero-order valence-electron chi connectivity index (χ0n) is 13.5. The number of carbonyl (C=O) groups excluding carboxylic acids is 1. The lowest BCUT2D eigenvalue weighted by Gasteiger charge is -2.13. The second kappa shape index (κ2) is 7.02. The van der Waals surface area contributed by atoms with Crippen LogP contribution >= 0.6 is 0 Å². The summed E-state index contributed by atoms with van der Waals surface area (Å²) in [5.74, 6) is 0.429. The Bertz CT molecular complexity index is 632. The molecule has 0 aliphatic rings. The summed E-state index contributed by atoms with van der Waals surface area (Å²) in [6.07, 6.45) is 3.95. The highest BCUT2D eigenvalue weighted by atomic mass is 16.1. The minimum absolute atomic E-state index is 0.127. The molecule has 1 unspecified atom stereocenters. The van der Waals surface area contributed by atoms with E-state index in [2.05, 4.69) is 20.6 Å². The van der Waals surface area contributed by atoms with Crippen LogP contribution in [-0.4, -0.2) is 21.9 Å². The van der Waals surface area contributed by atoms with E-state index in [4.69, 9.17) is 0 Å². The average molecular weight is 298 g/mol. The number of rotatable bonds is 5. The van der Waals surface area contributed by atoms with Crippen LogP contribution in [0.15, 0.2) is 30.6 Å². The van der Waals surface area contributed by atoms with Crippen LogP contribution < -0.4 is 10.6 Å². The lowest BCUT2D eigenvalue weighted by Crippen LogP contribution is -2.32. The second-order valence-electron chi connectivity index (χ2n) is 5.46. The highest BCUT2D eigenvalue weighted by Gasteiger charge is 2.11. The van der Waals surface area contributed by atoms with Gasteiger partial charge in [0.05, 0.1) is 12.4 Å². The van der Waals surface area contributed by atoms with Gasteiger partial charge in [-0.2, -0.15) is 0 Å². The first-order chi connectivity index (χ1) is 10.5. The van der Waals surface area contributed by atoms with Crippen molar-refractivity contribution in [1.29, 1.82) is 0 Å². The van der Waals surface area contributed by atoms with Gasteiger partial charge in [-0.15, -0.1) is 0 Å². The van der Waals surface area contributed by atoms with E-state index in [0.29, 0.717) is 11.5 Å². The molecule has 1 atom stereocenters. The average Bonchev–Trinajstić information content (AvgIpc) is 2.51. The molecule has 2 rings (SSSR count). The van der Waals surface area contributed by atoms with Gasteiger partial charge in [-0.3, -0.25) is 4.79 Å². The van der Waals surface area contributed by atoms with Crippen LogP contribution in [0.5, 0.6) is 0 Å². The predicted octanol–water partition coefficient (Wildman–Crippen LogP) is 3.37. The van der Waals surface area contributed by atoms with Crippen LogP contribution in [0.2, 0.25) is 0 Å². The third-order valence-electron chi connectivity index (χ3n) is 3.61. The van der Waals surface area contributed by atoms with E-state index in [0.717, 1.165) is 23.2 Å². The van der Waals surface area contributed by atoms with Gasteiger partial charge < -0.3 is 10.6 Å². The Morgan fingerprint density at radius 3 is 2.41 bits per heavy atom. The third-order valence-corrected chi connectivity index (χ3v) is 3.61. The molecule has 1 amide bonds. The molecule has 1 heterocycles. The van der Waals surface area contributed by atoms with Crippen molar-refractivity contribution in [2.45, 2.75) is 40.2 Å². The predicted molar refractivity (Wildman–Crippen MR) is 88.4 cm³/mol. The Hall–Kier alpha value is -2.43. The zero-order valence-corrected chi connectivity index (χ0v) is 13.5. The van der Waals surface area contributed by atoms with Crippen LogP contribution in [0.3, 0.4) is 0 Å². The molecule has 0 spiro atoms. The standard InChI is InChI=1S/C17H22N4O/c1-5-13(4)20-17(22)14-9-19-15(10-18-14)21-16-11(2)7-6-8-12(16)3/h6-10,13H,5H2,1-4H3,(H,19,21)(H,20,22). The molecule has 0 aliphatic carbocycles. The number of aryl methyl sites for hydroxylation is 2. The quantitative estimate of drug-likeness (QED) is 0.888. The lowest BCUT2D eigenvalue weighted by molar-refractivity contribution is 0.0934. The first kappa shape index (κ1) is 15.9. The molecule has 0 saturated carbocycles. The molecule has 0 radical (unpaired) electrons. The van der Waals surface area contributed by atoms with Crippen molar-refractivity contribution in [2.24, 2.45) is 0 Å². The van der Waals surface area contributed by atoms with E-state index in [9.17, 15) is 4.79 Å². The third kappa shape index (κ3) is 3.81. The van der Waals surface area contributed by atoms with Gasteiger partial charge in [0.25, 0.3) is 5.91 Å². The number of aromatic nitrogens is 2. The lowest BCUT2D eigenvalue weighted by atomic mass is 10.1. The highest BCUT2D eigenvalue weighted by molar-refractivity contribution is 5.92. The second-order valence-corrected chi connectivity index (χ2v) is 5.46. The van der Waals surface area contributed by atoms with Crippen molar-refractivity contribution in [3.63, 3.8) is 0 Å². The largest absolute Gasteiger partial charge is 0.348 e. The molecule has 22 heavy (non-hydrogen) atoms. The first-order valence-corrected chi connectivity index (χ1v) is 7.47. The van der Waals surface area contributed by atoms with Gasteiger partial charge in [-0.05, 0) is 38.3 Å². The molecule has 2 N–H and O–H groups in total. The van der Waals surface area contributed by atoms with Gasteiger partial charge in [0.1, 0.15) is 11.5 Å². The number of hydrogen-bond donors (Lipinski definition) is 2. The van der Waals surface area contributed by atoms with Crippen molar-refractivity contribution in [3.8, 4) is 0 Å². The van der Waals surface area contributed by atoms with Crippen molar-refractivity contribution in [3.05, 3.63) is 47.4 Å². The van der Waals surface area contributed by atoms with E-state index in [1.54, 1.807) is 6.20 Å². The summed E-state index contributed by atoms with van der Waals surface area (Å²) in [4.78, 5) is 20.4.